The highest BCUT2D eigenvalue weighted by Gasteiger charge is 2.15. The molecule has 0 N–H and O–H groups in total. The summed E-state index contributed by atoms with van der Waals surface area (Å²) in [5.41, 5.74) is 2.47. The van der Waals surface area contributed by atoms with Gasteiger partial charge in [-0.25, -0.2) is 15.0 Å². The van der Waals surface area contributed by atoms with Crippen LogP contribution in [0, 0.1) is 0 Å². The van der Waals surface area contributed by atoms with E-state index in [0.29, 0.717) is 5.88 Å². The first-order chi connectivity index (χ1) is 10.8. The van der Waals surface area contributed by atoms with Gasteiger partial charge in [0.05, 0.1) is 27.9 Å². The van der Waals surface area contributed by atoms with Crippen LogP contribution in [0.4, 0.5) is 0 Å². The molecule has 22 heavy (non-hydrogen) atoms. The second-order valence-corrected chi connectivity index (χ2v) is 6.55. The number of aromatic nitrogens is 3. The van der Waals surface area contributed by atoms with Gasteiger partial charge >= 0.3 is 0 Å². The minimum absolute atomic E-state index is 0.547. The molecule has 3 heterocycles. The van der Waals surface area contributed by atoms with E-state index in [4.69, 9.17) is 9.72 Å². The summed E-state index contributed by atoms with van der Waals surface area (Å²) in [6.45, 7) is 0. The Labute approximate surface area is 135 Å². The minimum atomic E-state index is 0.547. The van der Waals surface area contributed by atoms with Gasteiger partial charge in [-0.1, -0.05) is 12.1 Å². The Bertz CT molecular complexity index is 932. The number of hydrogen-bond donors (Lipinski definition) is 0. The fourth-order valence-electron chi connectivity index (χ4n) is 2.21. The van der Waals surface area contributed by atoms with Crippen LogP contribution >= 0.6 is 22.7 Å². The molecule has 0 saturated heterocycles. The summed E-state index contributed by atoms with van der Waals surface area (Å²) in [6, 6.07) is 11.9. The zero-order chi connectivity index (χ0) is 14.9. The standard InChI is InChI=1S/C16H11N3OS2/c1-20-15-14(18-10-4-2-3-5-11(10)19-15)12-6-7-13(22-12)16-17-8-9-21-16/h2-9H,1H3. The van der Waals surface area contributed by atoms with Gasteiger partial charge in [-0.2, -0.15) is 0 Å². The van der Waals surface area contributed by atoms with Crippen LogP contribution in [0.5, 0.6) is 5.88 Å². The molecule has 0 fully saturated rings. The molecule has 3 aromatic heterocycles. The molecule has 4 nitrogen and oxygen atoms in total. The Hall–Kier alpha value is -2.31. The quantitative estimate of drug-likeness (QED) is 0.557. The van der Waals surface area contributed by atoms with Crippen molar-refractivity contribution in [2.45, 2.75) is 0 Å². The monoisotopic (exact) mass is 325 g/mol. The van der Waals surface area contributed by atoms with Crippen molar-refractivity contribution in [2.75, 3.05) is 7.11 Å². The summed E-state index contributed by atoms with van der Waals surface area (Å²) in [4.78, 5) is 15.8. The van der Waals surface area contributed by atoms with E-state index in [9.17, 15) is 0 Å². The zero-order valence-electron chi connectivity index (χ0n) is 11.7. The fraction of sp³-hybridized carbons (Fsp3) is 0.0625. The number of para-hydroxylation sites is 2. The van der Waals surface area contributed by atoms with Crippen molar-refractivity contribution in [3.8, 4) is 26.3 Å². The smallest absolute Gasteiger partial charge is 0.241 e. The van der Waals surface area contributed by atoms with E-state index in [1.54, 1.807) is 29.8 Å². The molecule has 0 aliphatic carbocycles. The predicted molar refractivity (Wildman–Crippen MR) is 90.5 cm³/mol. The molecule has 0 amide bonds. The van der Waals surface area contributed by atoms with Gasteiger partial charge in [0, 0.05) is 11.6 Å². The van der Waals surface area contributed by atoms with E-state index in [1.165, 1.54) is 0 Å². The van der Waals surface area contributed by atoms with Crippen molar-refractivity contribution in [1.82, 2.24) is 15.0 Å². The van der Waals surface area contributed by atoms with Crippen LogP contribution in [-0.4, -0.2) is 22.1 Å². The predicted octanol–water partition coefficient (Wildman–Crippen LogP) is 4.49. The van der Waals surface area contributed by atoms with E-state index >= 15 is 0 Å². The molecule has 0 radical (unpaired) electrons. The molecule has 0 spiro atoms. The number of hydrogen-bond acceptors (Lipinski definition) is 6. The number of rotatable bonds is 3. The average Bonchev–Trinajstić information content (AvgIpc) is 3.24. The van der Waals surface area contributed by atoms with E-state index < -0.39 is 0 Å². The number of thiazole rings is 1. The Morgan fingerprint density at radius 2 is 1.73 bits per heavy atom. The number of ether oxygens (including phenoxy) is 1. The van der Waals surface area contributed by atoms with Gasteiger partial charge in [-0.3, -0.25) is 0 Å². The lowest BCUT2D eigenvalue weighted by atomic mass is 10.2. The third-order valence-corrected chi connectivity index (χ3v) is 5.25. The van der Waals surface area contributed by atoms with Gasteiger partial charge in [0.15, 0.2) is 0 Å². The van der Waals surface area contributed by atoms with Gasteiger partial charge in [-0.05, 0) is 24.3 Å². The molecule has 108 valence electrons. The van der Waals surface area contributed by atoms with Crippen LogP contribution in [0.2, 0.25) is 0 Å². The molecule has 6 heteroatoms. The normalized spacial score (nSPS) is 11.0. The maximum Gasteiger partial charge on any atom is 0.241 e. The lowest BCUT2D eigenvalue weighted by Gasteiger charge is -2.06. The lowest BCUT2D eigenvalue weighted by Crippen LogP contribution is -1.95. The second kappa shape index (κ2) is 5.47. The number of thiophene rings is 1. The molecular weight excluding hydrogens is 314 g/mol. The van der Waals surface area contributed by atoms with Crippen LogP contribution in [-0.2, 0) is 0 Å². The van der Waals surface area contributed by atoms with E-state index in [0.717, 1.165) is 31.5 Å². The maximum atomic E-state index is 5.43. The summed E-state index contributed by atoms with van der Waals surface area (Å²) in [5.74, 6) is 0.547. The van der Waals surface area contributed by atoms with Crippen molar-refractivity contribution in [1.29, 1.82) is 0 Å². The summed E-state index contributed by atoms with van der Waals surface area (Å²) in [7, 11) is 1.62. The first kappa shape index (κ1) is 13.4. The SMILES string of the molecule is COc1nc2ccccc2nc1-c1ccc(-c2nccs2)s1. The summed E-state index contributed by atoms with van der Waals surface area (Å²) in [5, 5.41) is 2.99. The number of fused-ring (bicyclic) bond motifs is 1. The zero-order valence-corrected chi connectivity index (χ0v) is 13.3. The number of nitrogens with zero attached hydrogens (tertiary/aromatic N) is 3. The van der Waals surface area contributed by atoms with E-state index in [2.05, 4.69) is 16.0 Å². The molecule has 4 aromatic rings. The van der Waals surface area contributed by atoms with Crippen molar-refractivity contribution < 1.29 is 4.74 Å². The van der Waals surface area contributed by atoms with Crippen LogP contribution in [0.25, 0.3) is 31.5 Å². The Balaban J connectivity index is 1.86. The molecule has 0 saturated carbocycles. The van der Waals surface area contributed by atoms with Crippen LogP contribution in [0.3, 0.4) is 0 Å². The van der Waals surface area contributed by atoms with Crippen molar-refractivity contribution in [3.63, 3.8) is 0 Å². The van der Waals surface area contributed by atoms with Crippen LogP contribution < -0.4 is 4.74 Å². The van der Waals surface area contributed by atoms with Crippen molar-refractivity contribution in [3.05, 3.63) is 48.0 Å². The third-order valence-electron chi connectivity index (χ3n) is 3.21. The van der Waals surface area contributed by atoms with Crippen molar-refractivity contribution in [2.24, 2.45) is 0 Å². The minimum Gasteiger partial charge on any atom is -0.479 e. The molecule has 0 atom stereocenters. The largest absolute Gasteiger partial charge is 0.479 e. The Morgan fingerprint density at radius 3 is 2.45 bits per heavy atom. The van der Waals surface area contributed by atoms with Gasteiger partial charge in [0.2, 0.25) is 5.88 Å². The molecule has 0 bridgehead atoms. The Kier molecular flexibility index (Phi) is 3.32. The Morgan fingerprint density at radius 1 is 0.955 bits per heavy atom. The molecule has 0 unspecified atom stereocenters. The third kappa shape index (κ3) is 2.26. The summed E-state index contributed by atoms with van der Waals surface area (Å²) in [6.07, 6.45) is 1.82. The first-order valence-electron chi connectivity index (χ1n) is 6.66. The molecule has 0 aliphatic rings. The molecule has 4 rings (SSSR count). The van der Waals surface area contributed by atoms with Gasteiger partial charge in [0.1, 0.15) is 10.7 Å². The fourth-order valence-corrected chi connectivity index (χ4v) is 3.92. The van der Waals surface area contributed by atoms with Crippen LogP contribution in [0.15, 0.2) is 48.0 Å². The second-order valence-electron chi connectivity index (χ2n) is 4.57. The van der Waals surface area contributed by atoms with Gasteiger partial charge in [0.25, 0.3) is 0 Å². The average molecular weight is 325 g/mol. The number of methoxy groups -OCH3 is 1. The number of benzene rings is 1. The summed E-state index contributed by atoms with van der Waals surface area (Å²) < 4.78 is 5.43. The van der Waals surface area contributed by atoms with Crippen molar-refractivity contribution >= 4 is 33.7 Å². The molecular formula is C16H11N3OS2. The highest BCUT2D eigenvalue weighted by Crippen LogP contribution is 2.38. The maximum absolute atomic E-state index is 5.43. The summed E-state index contributed by atoms with van der Waals surface area (Å²) >= 11 is 3.28. The first-order valence-corrected chi connectivity index (χ1v) is 8.35. The highest BCUT2D eigenvalue weighted by atomic mass is 32.1. The molecule has 0 aliphatic heterocycles. The molecule has 1 aromatic carbocycles. The van der Waals surface area contributed by atoms with E-state index in [-0.39, 0.29) is 0 Å². The van der Waals surface area contributed by atoms with Gasteiger partial charge in [-0.15, -0.1) is 22.7 Å². The highest BCUT2D eigenvalue weighted by molar-refractivity contribution is 7.23. The van der Waals surface area contributed by atoms with E-state index in [1.807, 2.05) is 41.9 Å². The lowest BCUT2D eigenvalue weighted by molar-refractivity contribution is 0.400. The topological polar surface area (TPSA) is 47.9 Å². The van der Waals surface area contributed by atoms with Crippen LogP contribution in [0.1, 0.15) is 0 Å². The van der Waals surface area contributed by atoms with Gasteiger partial charge < -0.3 is 4.74 Å².